The largest absolute Gasteiger partial charge is 0.264 e. The SMILES string of the molecule is c1cncc(-c2ccc(-c3ccc4c(-c5ccc6c(c5)C5(c7ccccc7-c7ccccc75)c5ccccc5-6)c5ccccc5c(-c5ccc6c(c5)C5(c7ccccc7-c7ccccc75)c5ccccc5-6)c4c3)cn2)c1. The molecule has 350 valence electrons. The highest BCUT2D eigenvalue weighted by atomic mass is 14.7. The van der Waals surface area contributed by atoms with Crippen molar-refractivity contribution in [2.75, 3.05) is 0 Å². The molecule has 2 aromatic heterocycles. The molecule has 4 aliphatic rings. The molecule has 11 aromatic carbocycles. The van der Waals surface area contributed by atoms with Gasteiger partial charge >= 0.3 is 0 Å². The van der Waals surface area contributed by atoms with Gasteiger partial charge < -0.3 is 0 Å². The van der Waals surface area contributed by atoms with Gasteiger partial charge in [-0.25, -0.2) is 0 Å². The van der Waals surface area contributed by atoms with Crippen LogP contribution in [0.5, 0.6) is 0 Å². The Balaban J connectivity index is 0.946. The summed E-state index contributed by atoms with van der Waals surface area (Å²) in [4.78, 5) is 9.40. The van der Waals surface area contributed by atoms with Crippen LogP contribution in [-0.2, 0) is 10.8 Å². The van der Waals surface area contributed by atoms with Crippen molar-refractivity contribution >= 4 is 21.5 Å². The molecular formula is C74H44N2. The maximum absolute atomic E-state index is 5.01. The van der Waals surface area contributed by atoms with Gasteiger partial charge in [-0.2, -0.15) is 0 Å². The lowest BCUT2D eigenvalue weighted by Gasteiger charge is -2.31. The van der Waals surface area contributed by atoms with Crippen molar-refractivity contribution in [1.82, 2.24) is 9.97 Å². The molecule has 2 heterocycles. The minimum atomic E-state index is -0.469. The molecule has 0 saturated heterocycles. The molecule has 0 fully saturated rings. The van der Waals surface area contributed by atoms with E-state index in [0.717, 1.165) is 22.4 Å². The van der Waals surface area contributed by atoms with Gasteiger partial charge in [0, 0.05) is 29.7 Å². The average Bonchev–Trinajstić information content (AvgIpc) is 4.33. The quantitative estimate of drug-likeness (QED) is 0.164. The van der Waals surface area contributed by atoms with Gasteiger partial charge in [0.25, 0.3) is 0 Å². The minimum absolute atomic E-state index is 0.460. The molecule has 76 heavy (non-hydrogen) atoms. The third-order valence-electron chi connectivity index (χ3n) is 17.6. The summed E-state index contributed by atoms with van der Waals surface area (Å²) in [5.41, 5.74) is 29.2. The second-order valence-corrected chi connectivity index (χ2v) is 21.0. The molecule has 2 spiro atoms. The third kappa shape index (κ3) is 5.30. The number of benzene rings is 11. The van der Waals surface area contributed by atoms with Crippen molar-refractivity contribution < 1.29 is 0 Å². The van der Waals surface area contributed by atoms with Crippen LogP contribution in [0.4, 0.5) is 0 Å². The Bertz CT molecular complexity index is 4510. The van der Waals surface area contributed by atoms with Crippen LogP contribution in [0.1, 0.15) is 44.5 Å². The molecule has 4 aliphatic carbocycles. The van der Waals surface area contributed by atoms with Crippen LogP contribution in [0, 0.1) is 0 Å². The van der Waals surface area contributed by atoms with Gasteiger partial charge in [-0.1, -0.05) is 212 Å². The molecular weight excluding hydrogens is 917 g/mol. The summed E-state index contributed by atoms with van der Waals surface area (Å²) in [6, 6.07) is 94.0. The van der Waals surface area contributed by atoms with Crippen LogP contribution in [0.15, 0.2) is 267 Å². The number of aromatic nitrogens is 2. The van der Waals surface area contributed by atoms with Crippen LogP contribution in [-0.4, -0.2) is 9.97 Å². The molecule has 0 amide bonds. The summed E-state index contributed by atoms with van der Waals surface area (Å²) in [6.07, 6.45) is 5.70. The number of fused-ring (bicyclic) bond motifs is 22. The lowest BCUT2D eigenvalue weighted by Crippen LogP contribution is -2.25. The molecule has 2 heteroatoms. The summed E-state index contributed by atoms with van der Waals surface area (Å²) in [5.74, 6) is 0. The van der Waals surface area contributed by atoms with Crippen molar-refractivity contribution in [2.24, 2.45) is 0 Å². The van der Waals surface area contributed by atoms with E-state index in [-0.39, 0.29) is 0 Å². The molecule has 0 saturated carbocycles. The number of hydrogen-bond donors (Lipinski definition) is 0. The summed E-state index contributed by atoms with van der Waals surface area (Å²) < 4.78 is 0. The smallest absolute Gasteiger partial charge is 0.0725 e. The fourth-order valence-corrected chi connectivity index (χ4v) is 14.7. The van der Waals surface area contributed by atoms with Crippen molar-refractivity contribution in [3.05, 3.63) is 312 Å². The number of pyridine rings is 2. The first-order valence-corrected chi connectivity index (χ1v) is 26.4. The Morgan fingerprint density at radius 3 is 1.04 bits per heavy atom. The van der Waals surface area contributed by atoms with Crippen LogP contribution < -0.4 is 0 Å². The highest BCUT2D eigenvalue weighted by Gasteiger charge is 2.53. The van der Waals surface area contributed by atoms with Crippen molar-refractivity contribution in [3.63, 3.8) is 0 Å². The fraction of sp³-hybridized carbons (Fsp3) is 0.0270. The molecule has 17 rings (SSSR count). The molecule has 0 unspecified atom stereocenters. The highest BCUT2D eigenvalue weighted by Crippen LogP contribution is 2.65. The van der Waals surface area contributed by atoms with E-state index >= 15 is 0 Å². The zero-order valence-corrected chi connectivity index (χ0v) is 41.3. The van der Waals surface area contributed by atoms with Crippen LogP contribution >= 0.6 is 0 Å². The average molecular weight is 961 g/mol. The van der Waals surface area contributed by atoms with Gasteiger partial charge in [0.1, 0.15) is 0 Å². The van der Waals surface area contributed by atoms with Crippen molar-refractivity contribution in [3.8, 4) is 89.1 Å². The number of rotatable bonds is 4. The standard InChI is InChI=1S/C74H44N2/c1-2-24-59-58(23-1)71(46-32-35-56-54-21-7-13-29-66(54)73(68(56)41-46)62-25-9-3-17-50(62)51-18-4-10-26-63(51)73)60-37-31-45(48-34-38-70(76-44-48)49-16-15-39-75-43-49)40-61(60)72(59)47-33-36-57-55-22-8-14-30-67(55)74(69(57)42-47)64-27-11-5-19-52(64)53-20-6-12-28-65(53)74/h1-44H. The minimum Gasteiger partial charge on any atom is -0.264 e. The van der Waals surface area contributed by atoms with Gasteiger partial charge in [0.05, 0.1) is 16.5 Å². The van der Waals surface area contributed by atoms with E-state index in [1.165, 1.54) is 133 Å². The van der Waals surface area contributed by atoms with Gasteiger partial charge in [-0.15, -0.1) is 0 Å². The number of hydrogen-bond acceptors (Lipinski definition) is 2. The van der Waals surface area contributed by atoms with Crippen LogP contribution in [0.2, 0.25) is 0 Å². The molecule has 0 N–H and O–H groups in total. The molecule has 0 radical (unpaired) electrons. The highest BCUT2D eigenvalue weighted by molar-refractivity contribution is 6.22. The van der Waals surface area contributed by atoms with Crippen molar-refractivity contribution in [2.45, 2.75) is 10.8 Å². The summed E-state index contributed by atoms with van der Waals surface area (Å²) in [7, 11) is 0. The van der Waals surface area contributed by atoms with E-state index in [0.29, 0.717) is 0 Å². The maximum Gasteiger partial charge on any atom is 0.0725 e. The van der Waals surface area contributed by atoms with E-state index in [1.54, 1.807) is 6.20 Å². The normalized spacial score (nSPS) is 14.0. The van der Waals surface area contributed by atoms with Crippen LogP contribution in [0.3, 0.4) is 0 Å². The Labute approximate surface area is 441 Å². The van der Waals surface area contributed by atoms with Gasteiger partial charge in [-0.05, 0) is 175 Å². The second-order valence-electron chi connectivity index (χ2n) is 21.0. The topological polar surface area (TPSA) is 25.8 Å². The molecule has 0 aliphatic heterocycles. The Kier molecular flexibility index (Phi) is 8.44. The second kappa shape index (κ2) is 15.4. The van der Waals surface area contributed by atoms with Crippen LogP contribution in [0.25, 0.3) is 111 Å². The third-order valence-corrected chi connectivity index (χ3v) is 17.6. The Hall–Kier alpha value is -9.76. The van der Waals surface area contributed by atoms with E-state index in [1.807, 2.05) is 18.5 Å². The Morgan fingerprint density at radius 2 is 0.618 bits per heavy atom. The lowest BCUT2D eigenvalue weighted by atomic mass is 9.70. The van der Waals surface area contributed by atoms with Gasteiger partial charge in [0.15, 0.2) is 0 Å². The first kappa shape index (κ1) is 41.7. The fourth-order valence-electron chi connectivity index (χ4n) is 14.7. The summed E-state index contributed by atoms with van der Waals surface area (Å²) in [6.45, 7) is 0. The first-order valence-electron chi connectivity index (χ1n) is 26.4. The van der Waals surface area contributed by atoms with Gasteiger partial charge in [-0.3, -0.25) is 9.97 Å². The monoisotopic (exact) mass is 960 g/mol. The van der Waals surface area contributed by atoms with E-state index in [4.69, 9.17) is 4.98 Å². The lowest BCUT2D eigenvalue weighted by molar-refractivity contribution is 0.794. The summed E-state index contributed by atoms with van der Waals surface area (Å²) in [5, 5.41) is 4.87. The number of nitrogens with zero attached hydrogens (tertiary/aromatic N) is 2. The first-order chi connectivity index (χ1) is 37.7. The zero-order valence-electron chi connectivity index (χ0n) is 41.3. The van der Waals surface area contributed by atoms with E-state index < -0.39 is 10.8 Å². The molecule has 0 atom stereocenters. The molecule has 2 nitrogen and oxygen atoms in total. The van der Waals surface area contributed by atoms with E-state index in [9.17, 15) is 0 Å². The maximum atomic E-state index is 5.01. The van der Waals surface area contributed by atoms with Crippen molar-refractivity contribution in [1.29, 1.82) is 0 Å². The van der Waals surface area contributed by atoms with Gasteiger partial charge in [0.2, 0.25) is 0 Å². The molecule has 13 aromatic rings. The predicted octanol–water partition coefficient (Wildman–Crippen LogP) is 18.1. The zero-order chi connectivity index (χ0) is 49.7. The summed E-state index contributed by atoms with van der Waals surface area (Å²) >= 11 is 0. The van der Waals surface area contributed by atoms with E-state index in [2.05, 4.69) is 248 Å². The molecule has 0 bridgehead atoms. The predicted molar refractivity (Wildman–Crippen MR) is 311 cm³/mol. The Morgan fingerprint density at radius 1 is 0.237 bits per heavy atom.